The number of oxazole rings is 1. The maximum Gasteiger partial charge on any atom is 0.252 e. The first-order chi connectivity index (χ1) is 13.0. The number of benzene rings is 2. The highest BCUT2D eigenvalue weighted by atomic mass is 32.2. The molecule has 0 bridgehead atoms. The summed E-state index contributed by atoms with van der Waals surface area (Å²) in [4.78, 5) is 5.69. The van der Waals surface area contributed by atoms with Crippen LogP contribution < -0.4 is 0 Å². The van der Waals surface area contributed by atoms with Crippen molar-refractivity contribution in [1.29, 1.82) is 0 Å². The Bertz CT molecular complexity index is 1190. The van der Waals surface area contributed by atoms with Crippen molar-refractivity contribution >= 4 is 9.84 Å². The molecule has 0 saturated carbocycles. The lowest BCUT2D eigenvalue weighted by molar-refractivity contribution is 0.448. The molecule has 0 atom stereocenters. The molecule has 4 rings (SSSR count). The zero-order chi connectivity index (χ0) is 19.0. The van der Waals surface area contributed by atoms with Gasteiger partial charge in [0, 0.05) is 0 Å². The molecule has 0 radical (unpaired) electrons. The summed E-state index contributed by atoms with van der Waals surface area (Å²) < 4.78 is 31.3. The van der Waals surface area contributed by atoms with Crippen molar-refractivity contribution in [3.63, 3.8) is 0 Å². The number of aromatic nitrogens is 4. The van der Waals surface area contributed by atoms with Gasteiger partial charge in [-0.05, 0) is 38.1 Å². The summed E-state index contributed by atoms with van der Waals surface area (Å²) in [5.74, 6) is 0. The Hall–Kier alpha value is -3.26. The molecule has 0 aliphatic heterocycles. The maximum atomic E-state index is 13.0. The summed E-state index contributed by atoms with van der Waals surface area (Å²) in [6, 6.07) is 15.9. The van der Waals surface area contributed by atoms with E-state index in [0.29, 0.717) is 11.4 Å². The van der Waals surface area contributed by atoms with Gasteiger partial charge in [0.1, 0.15) is 5.69 Å². The number of rotatable bonds is 4. The van der Waals surface area contributed by atoms with Crippen molar-refractivity contribution in [3.8, 4) is 17.1 Å². The molecular formula is C19H16N4O3S. The van der Waals surface area contributed by atoms with E-state index in [4.69, 9.17) is 4.42 Å². The number of sulfone groups is 1. The molecule has 2 heterocycles. The summed E-state index contributed by atoms with van der Waals surface area (Å²) >= 11 is 0. The molecule has 0 unspecified atom stereocenters. The van der Waals surface area contributed by atoms with Gasteiger partial charge in [-0.3, -0.25) is 0 Å². The van der Waals surface area contributed by atoms with Gasteiger partial charge < -0.3 is 4.42 Å². The average Bonchev–Trinajstić information content (AvgIpc) is 3.29. The SMILES string of the molecule is Cc1ccc(S(=O)(=O)c2ocnc2-c2nn(-c3ccccc3)nc2C)cc1. The second-order valence-corrected chi connectivity index (χ2v) is 7.91. The summed E-state index contributed by atoms with van der Waals surface area (Å²) in [6.45, 7) is 3.64. The summed E-state index contributed by atoms with van der Waals surface area (Å²) in [5, 5.41) is 8.56. The van der Waals surface area contributed by atoms with E-state index >= 15 is 0 Å². The number of nitrogens with zero attached hydrogens (tertiary/aromatic N) is 4. The molecule has 0 fully saturated rings. The van der Waals surface area contributed by atoms with Crippen LogP contribution in [0.5, 0.6) is 0 Å². The quantitative estimate of drug-likeness (QED) is 0.539. The van der Waals surface area contributed by atoms with E-state index < -0.39 is 9.84 Å². The van der Waals surface area contributed by atoms with Gasteiger partial charge in [0.25, 0.3) is 5.09 Å². The molecule has 0 aliphatic rings. The molecule has 2 aromatic heterocycles. The van der Waals surface area contributed by atoms with E-state index in [1.54, 1.807) is 31.2 Å². The molecule has 7 nitrogen and oxygen atoms in total. The Kier molecular flexibility index (Phi) is 4.12. The molecule has 136 valence electrons. The largest absolute Gasteiger partial charge is 0.431 e. The van der Waals surface area contributed by atoms with Crippen LogP contribution in [0.15, 0.2) is 75.4 Å². The molecule has 2 aromatic carbocycles. The highest BCUT2D eigenvalue weighted by Crippen LogP contribution is 2.31. The van der Waals surface area contributed by atoms with Gasteiger partial charge in [0.2, 0.25) is 9.84 Å². The summed E-state index contributed by atoms with van der Waals surface area (Å²) in [7, 11) is -3.87. The van der Waals surface area contributed by atoms with Crippen molar-refractivity contribution in [2.24, 2.45) is 0 Å². The first-order valence-corrected chi connectivity index (χ1v) is 9.70. The van der Waals surface area contributed by atoms with Gasteiger partial charge in [0.15, 0.2) is 12.1 Å². The Labute approximate surface area is 156 Å². The fraction of sp³-hybridized carbons (Fsp3) is 0.105. The monoisotopic (exact) mass is 380 g/mol. The lowest BCUT2D eigenvalue weighted by Crippen LogP contribution is -2.03. The van der Waals surface area contributed by atoms with E-state index in [0.717, 1.165) is 17.6 Å². The number of hydrogen-bond donors (Lipinski definition) is 0. The van der Waals surface area contributed by atoms with Gasteiger partial charge >= 0.3 is 0 Å². The fourth-order valence-corrected chi connectivity index (χ4v) is 3.96. The predicted octanol–water partition coefficient (Wildman–Crippen LogP) is 3.37. The normalized spacial score (nSPS) is 11.6. The molecule has 0 spiro atoms. The van der Waals surface area contributed by atoms with Crippen LogP contribution in [0.2, 0.25) is 0 Å². The molecule has 0 N–H and O–H groups in total. The topological polar surface area (TPSA) is 90.9 Å². The molecule has 4 aromatic rings. The third-order valence-electron chi connectivity index (χ3n) is 4.10. The molecule has 27 heavy (non-hydrogen) atoms. The smallest absolute Gasteiger partial charge is 0.252 e. The summed E-state index contributed by atoms with van der Waals surface area (Å²) in [6.07, 6.45) is 1.11. The zero-order valence-electron chi connectivity index (χ0n) is 14.7. The lowest BCUT2D eigenvalue weighted by atomic mass is 10.2. The van der Waals surface area contributed by atoms with Crippen LogP contribution in [-0.2, 0) is 9.84 Å². The number of para-hydroxylation sites is 1. The third kappa shape index (κ3) is 3.04. The number of aryl methyl sites for hydroxylation is 2. The minimum absolute atomic E-state index is 0.138. The van der Waals surface area contributed by atoms with E-state index in [9.17, 15) is 8.42 Å². The first-order valence-electron chi connectivity index (χ1n) is 8.22. The standard InChI is InChI=1S/C19H16N4O3S/c1-13-8-10-16(11-9-13)27(24,25)19-18(20-12-26-19)17-14(2)21-23(22-17)15-6-4-3-5-7-15/h3-12H,1-2H3. The van der Waals surface area contributed by atoms with E-state index in [2.05, 4.69) is 15.2 Å². The Balaban J connectivity index is 1.81. The maximum absolute atomic E-state index is 13.0. The van der Waals surface area contributed by atoms with Gasteiger partial charge in [-0.15, -0.1) is 5.10 Å². The zero-order valence-corrected chi connectivity index (χ0v) is 15.5. The molecule has 0 saturated heterocycles. The van der Waals surface area contributed by atoms with Crippen LogP contribution in [-0.4, -0.2) is 28.4 Å². The van der Waals surface area contributed by atoms with Crippen LogP contribution in [0.1, 0.15) is 11.3 Å². The highest BCUT2D eigenvalue weighted by Gasteiger charge is 2.29. The average molecular weight is 380 g/mol. The minimum atomic E-state index is -3.87. The Morgan fingerprint density at radius 1 is 0.889 bits per heavy atom. The Morgan fingerprint density at radius 2 is 1.59 bits per heavy atom. The second-order valence-electron chi connectivity index (χ2n) is 6.06. The van der Waals surface area contributed by atoms with E-state index in [1.807, 2.05) is 37.3 Å². The molecular weight excluding hydrogens is 364 g/mol. The molecule has 8 heteroatoms. The first kappa shape index (κ1) is 17.2. The lowest BCUT2D eigenvalue weighted by Gasteiger charge is -2.03. The van der Waals surface area contributed by atoms with Crippen LogP contribution in [0.3, 0.4) is 0 Å². The van der Waals surface area contributed by atoms with Crippen LogP contribution in [0.4, 0.5) is 0 Å². The molecule has 0 amide bonds. The van der Waals surface area contributed by atoms with Crippen molar-refractivity contribution in [2.45, 2.75) is 23.8 Å². The van der Waals surface area contributed by atoms with E-state index in [-0.39, 0.29) is 15.7 Å². The second kappa shape index (κ2) is 6.48. The van der Waals surface area contributed by atoms with Gasteiger partial charge in [-0.25, -0.2) is 13.4 Å². The van der Waals surface area contributed by atoms with Crippen LogP contribution in [0, 0.1) is 13.8 Å². The fourth-order valence-electron chi connectivity index (χ4n) is 2.68. The third-order valence-corrected chi connectivity index (χ3v) is 5.77. The van der Waals surface area contributed by atoms with Crippen LogP contribution in [0.25, 0.3) is 17.1 Å². The van der Waals surface area contributed by atoms with Crippen molar-refractivity contribution in [1.82, 2.24) is 20.0 Å². The van der Waals surface area contributed by atoms with Crippen molar-refractivity contribution in [3.05, 3.63) is 72.2 Å². The Morgan fingerprint density at radius 3 is 2.30 bits per heavy atom. The van der Waals surface area contributed by atoms with Gasteiger partial charge in [-0.2, -0.15) is 9.90 Å². The van der Waals surface area contributed by atoms with Gasteiger partial charge in [0.05, 0.1) is 16.3 Å². The molecule has 0 aliphatic carbocycles. The van der Waals surface area contributed by atoms with E-state index in [1.165, 1.54) is 4.80 Å². The van der Waals surface area contributed by atoms with Crippen molar-refractivity contribution < 1.29 is 12.8 Å². The predicted molar refractivity (Wildman–Crippen MR) is 98.2 cm³/mol. The van der Waals surface area contributed by atoms with Crippen molar-refractivity contribution in [2.75, 3.05) is 0 Å². The van der Waals surface area contributed by atoms with Gasteiger partial charge in [-0.1, -0.05) is 35.9 Å². The van der Waals surface area contributed by atoms with Crippen LogP contribution >= 0.6 is 0 Å². The highest BCUT2D eigenvalue weighted by molar-refractivity contribution is 7.91. The minimum Gasteiger partial charge on any atom is -0.431 e. The number of hydrogen-bond acceptors (Lipinski definition) is 6. The summed E-state index contributed by atoms with van der Waals surface area (Å²) in [5.41, 5.74) is 2.79.